The summed E-state index contributed by atoms with van der Waals surface area (Å²) in [6, 6.07) is 8.16. The van der Waals surface area contributed by atoms with Crippen LogP contribution in [0.2, 0.25) is 0 Å². The standard InChI is InChI=1S/C22H23NO5S2/c1-11-6-14-10-27-22(21(26)20(25)19(24)12(2)28-22)15(14)7-13(11)8-18-23-9-17(30-18)16-4-3-5-29-16/h3-7,9,12,19-21,24-26H,8,10H2,1-2H3/t12-,19-,20+,21-,22+/m1/s1. The van der Waals surface area contributed by atoms with Crippen molar-refractivity contribution in [3.8, 4) is 9.75 Å². The van der Waals surface area contributed by atoms with E-state index in [1.807, 2.05) is 31.3 Å². The summed E-state index contributed by atoms with van der Waals surface area (Å²) in [5, 5.41) is 34.3. The van der Waals surface area contributed by atoms with E-state index >= 15 is 0 Å². The lowest BCUT2D eigenvalue weighted by Crippen LogP contribution is -2.62. The van der Waals surface area contributed by atoms with Crippen LogP contribution < -0.4 is 0 Å². The van der Waals surface area contributed by atoms with Gasteiger partial charge in [-0.05, 0) is 48.1 Å². The van der Waals surface area contributed by atoms with Crippen LogP contribution in [0.15, 0.2) is 35.8 Å². The van der Waals surface area contributed by atoms with Crippen LogP contribution in [0.4, 0.5) is 0 Å². The van der Waals surface area contributed by atoms with Gasteiger partial charge in [-0.15, -0.1) is 22.7 Å². The van der Waals surface area contributed by atoms with Gasteiger partial charge in [0, 0.05) is 23.1 Å². The molecule has 0 aliphatic carbocycles. The maximum Gasteiger partial charge on any atom is 0.225 e. The van der Waals surface area contributed by atoms with E-state index in [-0.39, 0.29) is 6.61 Å². The van der Waals surface area contributed by atoms with E-state index < -0.39 is 30.2 Å². The van der Waals surface area contributed by atoms with Crippen molar-refractivity contribution < 1.29 is 24.8 Å². The summed E-state index contributed by atoms with van der Waals surface area (Å²) in [5.41, 5.74) is 3.81. The zero-order valence-electron chi connectivity index (χ0n) is 16.6. The Hall–Kier alpha value is -1.65. The van der Waals surface area contributed by atoms with E-state index in [1.165, 1.54) is 4.88 Å². The Balaban J connectivity index is 1.49. The highest BCUT2D eigenvalue weighted by Crippen LogP contribution is 2.46. The Morgan fingerprint density at radius 1 is 1.20 bits per heavy atom. The quantitative estimate of drug-likeness (QED) is 0.574. The molecule has 0 unspecified atom stereocenters. The molecule has 1 aromatic carbocycles. The van der Waals surface area contributed by atoms with E-state index in [4.69, 9.17) is 9.47 Å². The highest BCUT2D eigenvalue weighted by atomic mass is 32.1. The van der Waals surface area contributed by atoms with Crippen LogP contribution in [0.5, 0.6) is 0 Å². The van der Waals surface area contributed by atoms with Crippen LogP contribution in [0.3, 0.4) is 0 Å². The van der Waals surface area contributed by atoms with Crippen molar-refractivity contribution in [1.82, 2.24) is 4.98 Å². The number of aliphatic hydroxyl groups excluding tert-OH is 3. The van der Waals surface area contributed by atoms with Gasteiger partial charge in [0.25, 0.3) is 0 Å². The van der Waals surface area contributed by atoms with Crippen LogP contribution in [0, 0.1) is 6.92 Å². The first-order valence-electron chi connectivity index (χ1n) is 9.86. The minimum absolute atomic E-state index is 0.281. The monoisotopic (exact) mass is 445 g/mol. The van der Waals surface area contributed by atoms with Crippen LogP contribution in [-0.2, 0) is 28.3 Å². The van der Waals surface area contributed by atoms with Crippen molar-refractivity contribution >= 4 is 22.7 Å². The molecule has 158 valence electrons. The molecule has 5 atom stereocenters. The fourth-order valence-corrected chi connectivity index (χ4v) is 6.00. The molecule has 0 saturated carbocycles. The number of fused-ring (bicyclic) bond motifs is 2. The SMILES string of the molecule is Cc1cc2c(cc1Cc1ncc(-c3cccs3)s1)[C@]1(OC2)O[C@H](C)[C@@H](O)[C@H](O)[C@H]1O. The zero-order chi connectivity index (χ0) is 21.0. The Morgan fingerprint density at radius 2 is 2.03 bits per heavy atom. The summed E-state index contributed by atoms with van der Waals surface area (Å²) in [7, 11) is 0. The van der Waals surface area contributed by atoms with Gasteiger partial charge in [0.05, 0.1) is 22.6 Å². The number of nitrogens with zero attached hydrogens (tertiary/aromatic N) is 1. The van der Waals surface area contributed by atoms with Crippen molar-refractivity contribution in [3.05, 3.63) is 63.1 Å². The first-order chi connectivity index (χ1) is 14.4. The molecule has 30 heavy (non-hydrogen) atoms. The van der Waals surface area contributed by atoms with Gasteiger partial charge in [0.15, 0.2) is 0 Å². The molecule has 8 heteroatoms. The van der Waals surface area contributed by atoms with E-state index in [1.54, 1.807) is 29.6 Å². The fourth-order valence-electron chi connectivity index (χ4n) is 4.24. The van der Waals surface area contributed by atoms with Gasteiger partial charge in [0.2, 0.25) is 5.79 Å². The van der Waals surface area contributed by atoms with E-state index in [0.29, 0.717) is 12.0 Å². The highest BCUT2D eigenvalue weighted by Gasteiger charge is 2.57. The average Bonchev–Trinajstić information content (AvgIpc) is 3.47. The molecule has 5 rings (SSSR count). The lowest BCUT2D eigenvalue weighted by Gasteiger charge is -2.45. The van der Waals surface area contributed by atoms with Gasteiger partial charge in [-0.25, -0.2) is 4.98 Å². The van der Waals surface area contributed by atoms with Crippen molar-refractivity contribution in [3.63, 3.8) is 0 Å². The van der Waals surface area contributed by atoms with E-state index in [0.717, 1.165) is 26.6 Å². The number of ether oxygens (including phenoxy) is 2. The number of hydrogen-bond donors (Lipinski definition) is 3. The van der Waals surface area contributed by atoms with Crippen LogP contribution in [-0.4, -0.2) is 44.7 Å². The summed E-state index contributed by atoms with van der Waals surface area (Å²) in [5.74, 6) is -1.47. The Kier molecular flexibility index (Phi) is 5.06. The fraction of sp³-hybridized carbons (Fsp3) is 0.409. The normalized spacial score (nSPS) is 30.7. The molecule has 2 aliphatic rings. The average molecular weight is 446 g/mol. The maximum absolute atomic E-state index is 10.8. The topological polar surface area (TPSA) is 92.0 Å². The zero-order valence-corrected chi connectivity index (χ0v) is 18.2. The molecule has 4 heterocycles. The minimum Gasteiger partial charge on any atom is -0.388 e. The van der Waals surface area contributed by atoms with E-state index in [9.17, 15) is 15.3 Å². The van der Waals surface area contributed by atoms with Crippen LogP contribution in [0.25, 0.3) is 9.75 Å². The number of rotatable bonds is 3. The summed E-state index contributed by atoms with van der Waals surface area (Å²) in [6.07, 6.45) is -2.02. The number of aliphatic hydroxyl groups is 3. The summed E-state index contributed by atoms with van der Waals surface area (Å²) >= 11 is 3.37. The molecule has 6 nitrogen and oxygen atoms in total. The second kappa shape index (κ2) is 7.49. The lowest BCUT2D eigenvalue weighted by molar-refractivity contribution is -0.362. The molecule has 1 fully saturated rings. The number of aryl methyl sites for hydroxylation is 1. The molecule has 2 aliphatic heterocycles. The number of aromatic nitrogens is 1. The summed E-state index contributed by atoms with van der Waals surface area (Å²) in [6.45, 7) is 4.00. The number of benzene rings is 1. The van der Waals surface area contributed by atoms with Gasteiger partial charge in [-0.3, -0.25) is 0 Å². The molecule has 1 spiro atoms. The van der Waals surface area contributed by atoms with Crippen molar-refractivity contribution in [2.75, 3.05) is 0 Å². The van der Waals surface area contributed by atoms with Crippen LogP contribution >= 0.6 is 22.7 Å². The Bertz CT molecular complexity index is 1070. The molecule has 0 amide bonds. The van der Waals surface area contributed by atoms with Crippen LogP contribution in [0.1, 0.15) is 34.2 Å². The van der Waals surface area contributed by atoms with E-state index in [2.05, 4.69) is 16.4 Å². The maximum atomic E-state index is 10.8. The minimum atomic E-state index is -1.47. The van der Waals surface area contributed by atoms with Crippen molar-refractivity contribution in [1.29, 1.82) is 0 Å². The third-order valence-corrected chi connectivity index (χ3v) is 8.01. The second-order valence-corrected chi connectivity index (χ2v) is 9.98. The van der Waals surface area contributed by atoms with Gasteiger partial charge in [-0.1, -0.05) is 12.1 Å². The van der Waals surface area contributed by atoms with Crippen molar-refractivity contribution in [2.45, 2.75) is 57.1 Å². The molecule has 0 bridgehead atoms. The van der Waals surface area contributed by atoms with Crippen molar-refractivity contribution in [2.24, 2.45) is 0 Å². The largest absolute Gasteiger partial charge is 0.388 e. The predicted octanol–water partition coefficient (Wildman–Crippen LogP) is 2.96. The van der Waals surface area contributed by atoms with Gasteiger partial charge >= 0.3 is 0 Å². The highest BCUT2D eigenvalue weighted by molar-refractivity contribution is 7.21. The molecule has 1 saturated heterocycles. The third-order valence-electron chi connectivity index (χ3n) is 5.94. The number of thiazole rings is 1. The lowest BCUT2D eigenvalue weighted by atomic mass is 9.86. The smallest absolute Gasteiger partial charge is 0.225 e. The predicted molar refractivity (Wildman–Crippen MR) is 114 cm³/mol. The summed E-state index contributed by atoms with van der Waals surface area (Å²) < 4.78 is 11.9. The van der Waals surface area contributed by atoms with Gasteiger partial charge < -0.3 is 24.8 Å². The first-order valence-corrected chi connectivity index (χ1v) is 11.6. The molecular formula is C22H23NO5S2. The molecule has 2 aromatic heterocycles. The molecule has 3 aromatic rings. The molecule has 3 N–H and O–H groups in total. The Morgan fingerprint density at radius 3 is 2.80 bits per heavy atom. The Labute approximate surface area is 182 Å². The number of hydrogen-bond acceptors (Lipinski definition) is 8. The third kappa shape index (κ3) is 3.15. The number of thiophene rings is 1. The summed E-state index contributed by atoms with van der Waals surface area (Å²) in [4.78, 5) is 6.95. The first kappa shape index (κ1) is 20.3. The van der Waals surface area contributed by atoms with Gasteiger partial charge in [0.1, 0.15) is 18.3 Å². The molecular weight excluding hydrogens is 422 g/mol. The molecule has 0 radical (unpaired) electrons. The van der Waals surface area contributed by atoms with Gasteiger partial charge in [-0.2, -0.15) is 0 Å². The second-order valence-electron chi connectivity index (χ2n) is 7.91.